The van der Waals surface area contributed by atoms with Crippen LogP contribution in [0.1, 0.15) is 13.8 Å². The Morgan fingerprint density at radius 1 is 1.45 bits per heavy atom. The highest BCUT2D eigenvalue weighted by molar-refractivity contribution is 5.42. The van der Waals surface area contributed by atoms with Crippen molar-refractivity contribution < 1.29 is 13.2 Å². The molecule has 1 rings (SSSR count). The highest BCUT2D eigenvalue weighted by Gasteiger charge is 2.40. The van der Waals surface area contributed by atoms with E-state index in [1.807, 2.05) is 18.7 Å². The zero-order chi connectivity index (χ0) is 15.3. The van der Waals surface area contributed by atoms with E-state index in [0.717, 1.165) is 6.07 Å². The summed E-state index contributed by atoms with van der Waals surface area (Å²) in [6.07, 6.45) is -3.34. The average Bonchev–Trinajstić information content (AvgIpc) is 2.37. The van der Waals surface area contributed by atoms with E-state index in [1.54, 1.807) is 0 Å². The van der Waals surface area contributed by atoms with Crippen LogP contribution in [0.2, 0.25) is 0 Å². The predicted molar refractivity (Wildman–Crippen MR) is 67.2 cm³/mol. The molecule has 0 bridgehead atoms. The maximum absolute atomic E-state index is 12.5. The van der Waals surface area contributed by atoms with Crippen LogP contribution in [-0.4, -0.2) is 29.0 Å². The van der Waals surface area contributed by atoms with Crippen LogP contribution in [0.15, 0.2) is 17.1 Å². The first-order valence-corrected chi connectivity index (χ1v) is 6.11. The molecular formula is C12H15F3N4O. The van der Waals surface area contributed by atoms with E-state index in [2.05, 4.69) is 5.10 Å². The Morgan fingerprint density at radius 3 is 2.45 bits per heavy atom. The van der Waals surface area contributed by atoms with Crippen LogP contribution < -0.4 is 10.5 Å². The Balaban J connectivity index is 3.00. The lowest BCUT2D eigenvalue weighted by molar-refractivity contribution is -0.162. The van der Waals surface area contributed by atoms with Crippen molar-refractivity contribution in [2.45, 2.75) is 26.6 Å². The minimum absolute atomic E-state index is 0.553. The zero-order valence-electron chi connectivity index (χ0n) is 11.2. The molecule has 1 atom stereocenters. The lowest BCUT2D eigenvalue weighted by atomic mass is 10.1. The number of hydrogen-bond donors (Lipinski definition) is 0. The molecule has 1 unspecified atom stereocenters. The summed E-state index contributed by atoms with van der Waals surface area (Å²) in [6.45, 7) is 4.31. The van der Waals surface area contributed by atoms with Gasteiger partial charge in [0.2, 0.25) is 0 Å². The SMILES string of the molecule is CCN(CC)c1cnn(CC(C#N)C(F)(F)F)c(=O)c1. The fourth-order valence-corrected chi connectivity index (χ4v) is 1.71. The molecule has 0 N–H and O–H groups in total. The maximum Gasteiger partial charge on any atom is 0.406 e. The summed E-state index contributed by atoms with van der Waals surface area (Å²) in [5, 5.41) is 12.2. The fraction of sp³-hybridized carbons (Fsp3) is 0.583. The minimum Gasteiger partial charge on any atom is -0.371 e. The molecule has 0 aromatic carbocycles. The van der Waals surface area contributed by atoms with Gasteiger partial charge in [0.15, 0.2) is 5.92 Å². The van der Waals surface area contributed by atoms with Crippen molar-refractivity contribution in [3.63, 3.8) is 0 Å². The number of alkyl halides is 3. The lowest BCUT2D eigenvalue weighted by Crippen LogP contribution is -2.33. The van der Waals surface area contributed by atoms with E-state index >= 15 is 0 Å². The van der Waals surface area contributed by atoms with Crippen molar-refractivity contribution in [2.24, 2.45) is 5.92 Å². The molecule has 0 aliphatic heterocycles. The van der Waals surface area contributed by atoms with E-state index < -0.39 is 24.2 Å². The van der Waals surface area contributed by atoms with Crippen molar-refractivity contribution in [3.05, 3.63) is 22.6 Å². The Morgan fingerprint density at radius 2 is 2.05 bits per heavy atom. The number of aromatic nitrogens is 2. The third-order valence-corrected chi connectivity index (χ3v) is 2.89. The molecule has 0 fully saturated rings. The molecule has 1 aromatic rings. The van der Waals surface area contributed by atoms with E-state index in [-0.39, 0.29) is 0 Å². The van der Waals surface area contributed by atoms with E-state index in [1.165, 1.54) is 12.3 Å². The van der Waals surface area contributed by atoms with Crippen molar-refractivity contribution in [1.29, 1.82) is 5.26 Å². The number of nitrogens with zero attached hydrogens (tertiary/aromatic N) is 4. The van der Waals surface area contributed by atoms with Gasteiger partial charge in [0.1, 0.15) is 0 Å². The van der Waals surface area contributed by atoms with Crippen LogP contribution in [0.4, 0.5) is 18.9 Å². The second kappa shape index (κ2) is 6.41. The fourth-order valence-electron chi connectivity index (χ4n) is 1.71. The van der Waals surface area contributed by atoms with Gasteiger partial charge >= 0.3 is 6.18 Å². The van der Waals surface area contributed by atoms with Gasteiger partial charge in [0.25, 0.3) is 5.56 Å². The smallest absolute Gasteiger partial charge is 0.371 e. The molecule has 0 radical (unpaired) electrons. The van der Waals surface area contributed by atoms with Gasteiger partial charge in [-0.1, -0.05) is 0 Å². The molecule has 0 saturated heterocycles. The topological polar surface area (TPSA) is 61.9 Å². The Kier molecular flexibility index (Phi) is 5.13. The Bertz CT molecular complexity index is 543. The first-order valence-electron chi connectivity index (χ1n) is 6.11. The van der Waals surface area contributed by atoms with Crippen molar-refractivity contribution in [2.75, 3.05) is 18.0 Å². The highest BCUT2D eigenvalue weighted by atomic mass is 19.4. The predicted octanol–water partition coefficient (Wildman–Crippen LogP) is 1.79. The van der Waals surface area contributed by atoms with Gasteiger partial charge in [-0.25, -0.2) is 4.68 Å². The van der Waals surface area contributed by atoms with E-state index in [0.29, 0.717) is 23.5 Å². The second-order valence-corrected chi connectivity index (χ2v) is 4.13. The number of hydrogen-bond acceptors (Lipinski definition) is 4. The zero-order valence-corrected chi connectivity index (χ0v) is 11.2. The second-order valence-electron chi connectivity index (χ2n) is 4.13. The summed E-state index contributed by atoms with van der Waals surface area (Å²) in [5.74, 6) is -2.24. The number of anilines is 1. The summed E-state index contributed by atoms with van der Waals surface area (Å²) in [6, 6.07) is 2.37. The third kappa shape index (κ3) is 3.73. The Labute approximate surface area is 114 Å². The monoisotopic (exact) mass is 288 g/mol. The lowest BCUT2D eigenvalue weighted by Gasteiger charge is -2.20. The third-order valence-electron chi connectivity index (χ3n) is 2.89. The largest absolute Gasteiger partial charge is 0.406 e. The first kappa shape index (κ1) is 16.0. The molecule has 5 nitrogen and oxygen atoms in total. The highest BCUT2D eigenvalue weighted by Crippen LogP contribution is 2.26. The van der Waals surface area contributed by atoms with Crippen LogP contribution >= 0.6 is 0 Å². The normalized spacial score (nSPS) is 12.8. The maximum atomic E-state index is 12.5. The molecule has 0 saturated carbocycles. The summed E-state index contributed by atoms with van der Waals surface area (Å²) >= 11 is 0. The van der Waals surface area contributed by atoms with E-state index in [9.17, 15) is 18.0 Å². The minimum atomic E-state index is -4.67. The Hall–Kier alpha value is -2.04. The van der Waals surface area contributed by atoms with Crippen molar-refractivity contribution in [3.8, 4) is 6.07 Å². The molecule has 1 heterocycles. The van der Waals surface area contributed by atoms with Crippen LogP contribution in [0.3, 0.4) is 0 Å². The van der Waals surface area contributed by atoms with Crippen molar-refractivity contribution >= 4 is 5.69 Å². The molecule has 0 amide bonds. The molecule has 110 valence electrons. The summed E-state index contributed by atoms with van der Waals surface area (Å²) < 4.78 is 38.1. The van der Waals surface area contributed by atoms with Crippen LogP contribution in [0.25, 0.3) is 0 Å². The van der Waals surface area contributed by atoms with Crippen LogP contribution in [0, 0.1) is 17.2 Å². The quantitative estimate of drug-likeness (QED) is 0.828. The molecule has 20 heavy (non-hydrogen) atoms. The van der Waals surface area contributed by atoms with Gasteiger partial charge in [0, 0.05) is 19.2 Å². The summed E-state index contributed by atoms with van der Waals surface area (Å²) in [4.78, 5) is 13.6. The van der Waals surface area contributed by atoms with E-state index in [4.69, 9.17) is 5.26 Å². The first-order chi connectivity index (χ1) is 9.33. The van der Waals surface area contributed by atoms with Gasteiger partial charge in [-0.05, 0) is 13.8 Å². The van der Waals surface area contributed by atoms with Gasteiger partial charge in [-0.15, -0.1) is 0 Å². The number of nitriles is 1. The molecule has 0 aliphatic rings. The molecule has 8 heteroatoms. The number of rotatable bonds is 5. The van der Waals surface area contributed by atoms with Gasteiger partial charge in [0.05, 0.1) is 24.5 Å². The molecular weight excluding hydrogens is 273 g/mol. The summed E-state index contributed by atoms with van der Waals surface area (Å²) in [5.41, 5.74) is -0.101. The average molecular weight is 288 g/mol. The molecule has 0 spiro atoms. The van der Waals surface area contributed by atoms with Gasteiger partial charge < -0.3 is 4.90 Å². The van der Waals surface area contributed by atoms with Gasteiger partial charge in [-0.2, -0.15) is 23.5 Å². The van der Waals surface area contributed by atoms with Crippen molar-refractivity contribution in [1.82, 2.24) is 9.78 Å². The molecule has 0 aliphatic carbocycles. The number of halogens is 3. The standard InChI is InChI=1S/C12H15F3N4O/c1-3-18(4-2)10-5-11(20)19(17-7-10)8-9(6-16)12(13,14)15/h5,7,9H,3-4,8H2,1-2H3. The van der Waals surface area contributed by atoms with Crippen LogP contribution in [0.5, 0.6) is 0 Å². The molecule has 1 aromatic heterocycles. The van der Waals surface area contributed by atoms with Gasteiger partial charge in [-0.3, -0.25) is 4.79 Å². The summed E-state index contributed by atoms with van der Waals surface area (Å²) in [7, 11) is 0. The van der Waals surface area contributed by atoms with Crippen LogP contribution in [-0.2, 0) is 6.54 Å².